The van der Waals surface area contributed by atoms with Crippen LogP contribution < -0.4 is 20.7 Å². The van der Waals surface area contributed by atoms with Crippen LogP contribution in [0.4, 0.5) is 18.0 Å². The molecule has 3 aromatic rings. The van der Waals surface area contributed by atoms with Crippen molar-refractivity contribution in [2.24, 2.45) is 11.8 Å². The maximum atomic E-state index is 15.2. The summed E-state index contributed by atoms with van der Waals surface area (Å²) in [7, 11) is 1.44. The number of halogens is 4. The Morgan fingerprint density at radius 3 is 2.03 bits per heavy atom. The molecule has 0 bridgehead atoms. The number of rotatable bonds is 16. The summed E-state index contributed by atoms with van der Waals surface area (Å²) in [5.41, 5.74) is 0.502. The zero-order chi connectivity index (χ0) is 47.1. The van der Waals surface area contributed by atoms with Crippen molar-refractivity contribution in [2.45, 2.75) is 120 Å². The lowest BCUT2D eigenvalue weighted by molar-refractivity contribution is -0.175. The van der Waals surface area contributed by atoms with Crippen molar-refractivity contribution in [1.29, 1.82) is 0 Å². The molecule has 2 unspecified atom stereocenters. The number of methoxy groups -OCH3 is 1. The second-order valence-electron chi connectivity index (χ2n) is 17.7. The van der Waals surface area contributed by atoms with Gasteiger partial charge in [-0.1, -0.05) is 86.8 Å². The fourth-order valence-electron chi connectivity index (χ4n) is 8.48. The van der Waals surface area contributed by atoms with Gasteiger partial charge in [0, 0.05) is 24.5 Å². The summed E-state index contributed by atoms with van der Waals surface area (Å²) in [5, 5.41) is 7.07. The number of hydrogen-bond donors (Lipinski definition) is 3. The van der Waals surface area contributed by atoms with E-state index in [9.17, 15) is 41.1 Å². The van der Waals surface area contributed by atoms with Crippen LogP contribution in [-0.2, 0) is 53.4 Å². The molecule has 0 radical (unpaired) electrons. The summed E-state index contributed by atoms with van der Waals surface area (Å²) in [5.74, 6) is -6.04. The highest BCUT2D eigenvalue weighted by molar-refractivity contribution is 7.79. The Kier molecular flexibility index (Phi) is 16.3. The molecular formula is C46H55ClF3N4O9S-. The predicted molar refractivity (Wildman–Crippen MR) is 233 cm³/mol. The SMILES string of the molecule is COc1ccc(C([C@@H]2C[C@@H](C(=O)N[C@H](C(=O)C(F)(F)F)C(C)C)N(C(=O)[C@H](Cc3ccc(CNC(=O)OC(C)(C)C)cc3)NC(=O)C3(c4ccc(Cl)cc4)CCCC3)C2)S(=O)[O-])cc1. The number of Topliss-reactive ketones (excluding diaryl/α,β-unsaturated/α-hetero) is 1. The number of nitrogens with zero attached hydrogens (tertiary/aromatic N) is 1. The molecule has 4 amide bonds. The number of ketones is 1. The third-order valence-corrected chi connectivity index (χ3v) is 13.0. The van der Waals surface area contributed by atoms with Crippen LogP contribution in [0, 0.1) is 11.8 Å². The van der Waals surface area contributed by atoms with Gasteiger partial charge in [0.2, 0.25) is 17.7 Å². The predicted octanol–water partition coefficient (Wildman–Crippen LogP) is 7.02. The molecule has 5 rings (SSSR count). The smallest absolute Gasteiger partial charge is 0.452 e. The number of alkyl carbamates (subject to hydrolysis) is 1. The number of likely N-dealkylation sites (tertiary alicyclic amines) is 1. The number of carbonyl (C=O) groups is 5. The zero-order valence-electron chi connectivity index (χ0n) is 36.6. The second kappa shape index (κ2) is 20.9. The molecule has 1 aliphatic heterocycles. The van der Waals surface area contributed by atoms with Crippen LogP contribution in [0.2, 0.25) is 5.02 Å². The summed E-state index contributed by atoms with van der Waals surface area (Å²) < 4.78 is 77.9. The standard InChI is InChI=1S/C46H56ClF3N4O9S/c1-27(2)37(39(55)46(48,49)50)53-40(56)36-24-31(38(64(60)61)30-13-19-34(62-6)20-14-30)26-54(36)41(57)35(23-28-9-11-29(12-10-28)25-51-43(59)63-44(3,4)5)52-42(58)45(21-7-8-22-45)32-15-17-33(47)18-16-32/h9-20,27,31,35-38H,7-8,21-26H2,1-6H3,(H,51,59)(H,52,58)(H,53,56)(H,60,61)/p-1/t31-,35+,36+,37+,38?/m1/s1. The number of nitrogens with one attached hydrogen (secondary N) is 3. The van der Waals surface area contributed by atoms with Gasteiger partial charge in [0.15, 0.2) is 0 Å². The molecule has 64 heavy (non-hydrogen) atoms. The minimum absolute atomic E-state index is 0.118. The highest BCUT2D eigenvalue weighted by Crippen LogP contribution is 2.43. The molecule has 0 aromatic heterocycles. The highest BCUT2D eigenvalue weighted by Gasteiger charge is 2.50. The van der Waals surface area contributed by atoms with Crippen molar-refractivity contribution in [3.8, 4) is 5.75 Å². The number of ether oxygens (including phenoxy) is 2. The molecule has 18 heteroatoms. The van der Waals surface area contributed by atoms with Crippen molar-refractivity contribution in [2.75, 3.05) is 13.7 Å². The molecule has 2 aliphatic rings. The molecule has 3 aromatic carbocycles. The largest absolute Gasteiger partial charge is 0.772 e. The normalized spacial score (nSPS) is 19.3. The minimum Gasteiger partial charge on any atom is -0.772 e. The van der Waals surface area contributed by atoms with Gasteiger partial charge >= 0.3 is 12.3 Å². The van der Waals surface area contributed by atoms with Gasteiger partial charge in [-0.3, -0.25) is 23.4 Å². The van der Waals surface area contributed by atoms with E-state index in [1.807, 2.05) is 0 Å². The molecule has 2 fully saturated rings. The van der Waals surface area contributed by atoms with Gasteiger partial charge in [0.25, 0.3) is 5.78 Å². The molecular weight excluding hydrogens is 877 g/mol. The number of benzene rings is 3. The van der Waals surface area contributed by atoms with Crippen LogP contribution in [0.5, 0.6) is 5.75 Å². The lowest BCUT2D eigenvalue weighted by Crippen LogP contribution is -2.58. The second-order valence-corrected chi connectivity index (χ2v) is 19.2. The monoisotopic (exact) mass is 931 g/mol. The van der Waals surface area contributed by atoms with E-state index in [4.69, 9.17) is 21.1 Å². The quantitative estimate of drug-likeness (QED) is 0.127. The van der Waals surface area contributed by atoms with E-state index in [1.54, 1.807) is 81.4 Å². The van der Waals surface area contributed by atoms with Crippen molar-refractivity contribution in [3.05, 3.63) is 100 Å². The van der Waals surface area contributed by atoms with Gasteiger partial charge < -0.3 is 34.9 Å². The molecule has 0 spiro atoms. The number of hydrogen-bond acceptors (Lipinski definition) is 9. The molecule has 6 atom stereocenters. The van der Waals surface area contributed by atoms with Crippen molar-refractivity contribution in [3.63, 3.8) is 0 Å². The molecule has 1 heterocycles. The topological polar surface area (TPSA) is 183 Å². The van der Waals surface area contributed by atoms with Crippen LogP contribution >= 0.6 is 11.6 Å². The fraction of sp³-hybridized carbons (Fsp3) is 0.500. The third kappa shape index (κ3) is 12.4. The molecule has 348 valence electrons. The van der Waals surface area contributed by atoms with Crippen LogP contribution in [0.15, 0.2) is 72.8 Å². The van der Waals surface area contributed by atoms with Crippen LogP contribution in [0.1, 0.15) is 94.2 Å². The first-order valence-electron chi connectivity index (χ1n) is 21.1. The summed E-state index contributed by atoms with van der Waals surface area (Å²) in [6.07, 6.45) is -3.97. The van der Waals surface area contributed by atoms with E-state index >= 15 is 4.79 Å². The van der Waals surface area contributed by atoms with Crippen molar-refractivity contribution in [1.82, 2.24) is 20.9 Å². The fourth-order valence-corrected chi connectivity index (χ4v) is 9.50. The van der Waals surface area contributed by atoms with Crippen LogP contribution in [0.25, 0.3) is 0 Å². The van der Waals surface area contributed by atoms with E-state index in [0.717, 1.165) is 17.7 Å². The van der Waals surface area contributed by atoms with Gasteiger partial charge in [0.1, 0.15) is 23.4 Å². The lowest BCUT2D eigenvalue weighted by atomic mass is 9.77. The molecule has 13 nitrogen and oxygen atoms in total. The molecule has 1 saturated heterocycles. The van der Waals surface area contributed by atoms with E-state index in [-0.39, 0.29) is 25.9 Å². The van der Waals surface area contributed by atoms with Crippen LogP contribution in [-0.4, -0.2) is 86.8 Å². The van der Waals surface area contributed by atoms with Gasteiger partial charge in [-0.05, 0) is 109 Å². The summed E-state index contributed by atoms with van der Waals surface area (Å²) in [6.45, 7) is 7.65. The Morgan fingerprint density at radius 1 is 0.906 bits per heavy atom. The third-order valence-electron chi connectivity index (χ3n) is 11.7. The summed E-state index contributed by atoms with van der Waals surface area (Å²) >= 11 is 3.39. The average molecular weight is 932 g/mol. The summed E-state index contributed by atoms with van der Waals surface area (Å²) in [6, 6.07) is 15.0. The summed E-state index contributed by atoms with van der Waals surface area (Å²) in [4.78, 5) is 70.1. The molecule has 3 N–H and O–H groups in total. The van der Waals surface area contributed by atoms with E-state index in [2.05, 4.69) is 16.0 Å². The first kappa shape index (κ1) is 50.0. The number of carbonyl (C=O) groups excluding carboxylic acids is 5. The average Bonchev–Trinajstić information content (AvgIpc) is 3.91. The number of amides is 4. The van der Waals surface area contributed by atoms with Crippen LogP contribution in [0.3, 0.4) is 0 Å². The highest BCUT2D eigenvalue weighted by atomic mass is 35.5. The van der Waals surface area contributed by atoms with Gasteiger partial charge in [-0.15, -0.1) is 0 Å². The van der Waals surface area contributed by atoms with Crippen molar-refractivity contribution >= 4 is 52.3 Å². The van der Waals surface area contributed by atoms with Gasteiger partial charge in [0.05, 0.1) is 23.8 Å². The number of alkyl halides is 3. The van der Waals surface area contributed by atoms with Gasteiger partial charge in [-0.25, -0.2) is 4.79 Å². The first-order chi connectivity index (χ1) is 30.0. The Bertz CT molecular complexity index is 2160. The van der Waals surface area contributed by atoms with Gasteiger partial charge in [-0.2, -0.15) is 13.2 Å². The maximum absolute atomic E-state index is 15.2. The molecule has 1 aliphatic carbocycles. The Hall–Kier alpha value is -5.00. The molecule has 1 saturated carbocycles. The zero-order valence-corrected chi connectivity index (χ0v) is 38.2. The first-order valence-corrected chi connectivity index (χ1v) is 22.6. The minimum atomic E-state index is -5.29. The lowest BCUT2D eigenvalue weighted by Gasteiger charge is -2.34. The Morgan fingerprint density at radius 2 is 1.50 bits per heavy atom. The maximum Gasteiger partial charge on any atom is 0.452 e. The van der Waals surface area contributed by atoms with E-state index in [1.165, 1.54) is 33.1 Å². The van der Waals surface area contributed by atoms with Crippen molar-refractivity contribution < 1.29 is 55.4 Å². The Labute approximate surface area is 378 Å². The van der Waals surface area contributed by atoms with E-state index in [0.29, 0.717) is 45.9 Å². The Balaban J connectivity index is 1.54. The van der Waals surface area contributed by atoms with E-state index < -0.39 is 93.1 Å².